The van der Waals surface area contributed by atoms with Crippen molar-refractivity contribution in [3.63, 3.8) is 0 Å². The second-order valence-corrected chi connectivity index (χ2v) is 23.8. The van der Waals surface area contributed by atoms with E-state index in [0.717, 1.165) is 18.4 Å². The summed E-state index contributed by atoms with van der Waals surface area (Å²) in [4.78, 5) is 109. The van der Waals surface area contributed by atoms with E-state index in [0.29, 0.717) is 10.8 Å². The molecule has 2 aliphatic rings. The van der Waals surface area contributed by atoms with Crippen LogP contribution in [0, 0.1) is 29.5 Å². The highest BCUT2D eigenvalue weighted by Gasteiger charge is 2.60. The number of ether oxygens (including phenoxy) is 2. The summed E-state index contributed by atoms with van der Waals surface area (Å²) < 4.78 is 146. The highest BCUT2D eigenvalue weighted by Crippen LogP contribution is 2.68. The molecule has 0 amide bonds. The van der Waals surface area contributed by atoms with Gasteiger partial charge in [-0.15, -0.1) is 0 Å². The molecule has 6 heterocycles. The van der Waals surface area contributed by atoms with Gasteiger partial charge in [-0.3, -0.25) is 33.2 Å². The molecule has 4 aromatic heterocycles. The van der Waals surface area contributed by atoms with Crippen LogP contribution in [0.15, 0.2) is 28.0 Å². The largest absolute Gasteiger partial charge is 0.490 e. The van der Waals surface area contributed by atoms with E-state index in [1.165, 1.54) is 12.3 Å². The molecule has 0 aliphatic carbocycles. The number of H-pyrrole nitrogens is 2. The lowest BCUT2D eigenvalue weighted by Gasteiger charge is -2.27. The van der Waals surface area contributed by atoms with Gasteiger partial charge in [0.25, 0.3) is 11.1 Å². The van der Waals surface area contributed by atoms with Crippen molar-refractivity contribution in [1.82, 2.24) is 29.1 Å². The average Bonchev–Trinajstić information content (AvgIpc) is 3.93. The van der Waals surface area contributed by atoms with E-state index in [4.69, 9.17) is 40.5 Å². The molecule has 2 saturated heterocycles. The lowest BCUT2D eigenvalue weighted by atomic mass is 9.92. The zero-order valence-corrected chi connectivity index (χ0v) is 42.3. The standard InChI is InChI=1S/C15H19F2N4O14P3.C15H20FN4O14P3/c1-6(33-37(28,29)35-38(30,31)34-36(25,26)27)9-10(22)15(24,3-2-4-16)13(32-9)21-5-7(17)8-11(21)19-14(18)20-12(8)23;1-7(32-36(27,28)34-37(29,30)33-35(24,25)26)9-10(21)15(23,4-2-5-16)13(31-9)20-6-3-8-11(20)18-14(17)19-12(8)22/h5-6,9-10,13,22,24H,4H2,1H3,(H,28,29)(H,30,31)(H2,25,26,27)(H3,18,19,20,23);3,6-7,9-10,13,21,23H,5H2,1H3,(H,27,28)(H,29,30)(H2,24,25,26)(H3,17,18,19,22)/t6-,9-,10+,13-,15?;7-,9-,10+,13-,15?/m11/s1. The van der Waals surface area contributed by atoms with Crippen molar-refractivity contribution in [2.45, 2.75) is 74.1 Å². The lowest BCUT2D eigenvalue weighted by Crippen LogP contribution is -2.47. The fourth-order valence-corrected chi connectivity index (χ4v) is 13.5. The summed E-state index contributed by atoms with van der Waals surface area (Å²) in [6, 6.07) is 1.25. The van der Waals surface area contributed by atoms with Crippen molar-refractivity contribution in [2.24, 2.45) is 0 Å². The second-order valence-electron chi connectivity index (χ2n) is 15.1. The molecule has 2 aliphatic heterocycles. The first-order valence-electron chi connectivity index (χ1n) is 19.5. The van der Waals surface area contributed by atoms with Crippen molar-refractivity contribution < 1.29 is 136 Å². The van der Waals surface area contributed by atoms with Crippen LogP contribution in [0.25, 0.3) is 22.1 Å². The number of nitrogens with zero attached hydrogens (tertiary/aromatic N) is 4. The molecule has 0 spiro atoms. The van der Waals surface area contributed by atoms with Crippen LogP contribution in [0.4, 0.5) is 25.1 Å². The minimum absolute atomic E-state index is 0.0298. The smallest absolute Gasteiger partial charge is 0.386 e. The highest BCUT2D eigenvalue weighted by molar-refractivity contribution is 7.67. The Balaban J connectivity index is 0.000000277. The monoisotopic (exact) mass is 1200 g/mol. The number of aromatic nitrogens is 6. The topological polar surface area (TPSA) is 572 Å². The van der Waals surface area contributed by atoms with Gasteiger partial charge < -0.3 is 85.1 Å². The molecule has 45 heteroatoms. The SMILES string of the molecule is C[C@@H](OP(=O)(O)OP(=O)(O)OP(=O)(O)O)[C@H]1O[C@@H](n2cc(F)c3c(=O)[nH]c(N)nc32)C(O)(C#CCF)[C@H]1O.C[C@@H](OP(=O)(O)OP(=O)(O)OP(=O)(O)O)[C@H]1O[C@@H](n2ccc3c(=O)[nH]c(N)nc32)C(O)(C#CCF)[C@H]1O. The van der Waals surface area contributed by atoms with Crippen molar-refractivity contribution >= 4 is 80.9 Å². The first-order chi connectivity index (χ1) is 34.2. The molecule has 75 heavy (non-hydrogen) atoms. The number of aliphatic hydroxyl groups excluding tert-OH is 2. The van der Waals surface area contributed by atoms with Crippen LogP contribution in [0.3, 0.4) is 0 Å². The third-order valence-electron chi connectivity index (χ3n) is 9.68. The van der Waals surface area contributed by atoms with Gasteiger partial charge in [0.15, 0.2) is 40.8 Å². The Bertz CT molecular complexity index is 3380. The number of aliphatic hydroxyl groups is 4. The van der Waals surface area contributed by atoms with Gasteiger partial charge in [0, 0.05) is 12.4 Å². The Labute approximate surface area is 412 Å². The number of hydrogen-bond donors (Lipinski definition) is 16. The number of nitrogens with two attached hydrogens (primary N) is 2. The van der Waals surface area contributed by atoms with Gasteiger partial charge in [-0.05, 0) is 19.9 Å². The molecule has 418 valence electrons. The zero-order valence-electron chi connectivity index (χ0n) is 36.9. The summed E-state index contributed by atoms with van der Waals surface area (Å²) in [7, 11) is -34.4. The number of nitrogens with one attached hydrogen (secondary N) is 2. The molecule has 0 radical (unpaired) electrons. The summed E-state index contributed by atoms with van der Waals surface area (Å²) in [5, 5.41) is 43.2. The summed E-state index contributed by atoms with van der Waals surface area (Å²) in [6.45, 7) is -0.713. The molecule has 2 fully saturated rings. The maximum absolute atomic E-state index is 14.6. The molecular weight excluding hydrogens is 1160 g/mol. The summed E-state index contributed by atoms with van der Waals surface area (Å²) >= 11 is 0. The average molecular weight is 1200 g/mol. The first kappa shape index (κ1) is 61.8. The number of nitrogen functional groups attached to an aromatic ring is 2. The van der Waals surface area contributed by atoms with Crippen LogP contribution < -0.4 is 22.6 Å². The molecular formula is C30H39F3N8O28P6. The number of alkyl halides is 2. The first-order valence-corrected chi connectivity index (χ1v) is 28.5. The van der Waals surface area contributed by atoms with Crippen LogP contribution in [0.1, 0.15) is 26.3 Å². The van der Waals surface area contributed by atoms with Crippen LogP contribution >= 0.6 is 46.9 Å². The van der Waals surface area contributed by atoms with Gasteiger partial charge in [0.05, 0.1) is 17.6 Å². The Morgan fingerprint density at radius 3 is 1.51 bits per heavy atom. The Morgan fingerprint density at radius 2 is 1.09 bits per heavy atom. The second kappa shape index (κ2) is 22.3. The van der Waals surface area contributed by atoms with Crippen LogP contribution in [-0.4, -0.2) is 150 Å². The molecule has 6 rings (SSSR count). The molecule has 18 N–H and O–H groups in total. The van der Waals surface area contributed by atoms with Gasteiger partial charge in [-0.2, -0.15) is 27.2 Å². The predicted molar refractivity (Wildman–Crippen MR) is 236 cm³/mol. The molecule has 0 saturated carbocycles. The minimum atomic E-state index is -5.89. The number of rotatable bonds is 16. The maximum Gasteiger partial charge on any atom is 0.490 e. The van der Waals surface area contributed by atoms with Gasteiger partial charge in [0.2, 0.25) is 11.9 Å². The predicted octanol–water partition coefficient (Wildman–Crippen LogP) is -1.86. The number of hydrogen-bond acceptors (Lipinski definition) is 24. The van der Waals surface area contributed by atoms with E-state index in [9.17, 15) is 90.2 Å². The molecule has 14 atom stereocenters. The van der Waals surface area contributed by atoms with Crippen LogP contribution in [-0.2, 0) is 63.2 Å². The normalized spacial score (nSPS) is 28.1. The van der Waals surface area contributed by atoms with Gasteiger partial charge in [-0.25, -0.2) is 40.6 Å². The molecule has 0 bridgehead atoms. The number of phosphoric ester groups is 2. The fraction of sp³-hybridized carbons (Fsp3) is 0.467. The number of phosphoric acid groups is 6. The fourth-order valence-electron chi connectivity index (χ4n) is 7.05. The molecule has 36 nitrogen and oxygen atoms in total. The number of fused-ring (bicyclic) bond motifs is 2. The maximum atomic E-state index is 14.6. The summed E-state index contributed by atoms with van der Waals surface area (Å²) in [5.74, 6) is 5.82. The number of aromatic amines is 2. The quantitative estimate of drug-likeness (QED) is 0.0432. The van der Waals surface area contributed by atoms with Crippen molar-refractivity contribution in [2.75, 3.05) is 24.8 Å². The van der Waals surface area contributed by atoms with Crippen molar-refractivity contribution in [3.8, 4) is 23.7 Å². The van der Waals surface area contributed by atoms with Crippen molar-refractivity contribution in [3.05, 3.63) is 45.0 Å². The van der Waals surface area contributed by atoms with Crippen LogP contribution in [0.2, 0.25) is 0 Å². The Hall–Kier alpha value is -4.07. The number of anilines is 2. The molecule has 6 unspecified atom stereocenters. The van der Waals surface area contributed by atoms with E-state index in [1.54, 1.807) is 0 Å². The summed E-state index contributed by atoms with van der Waals surface area (Å²) in [5.41, 5.74) is 3.21. The minimum Gasteiger partial charge on any atom is -0.386 e. The Morgan fingerprint density at radius 1 is 0.693 bits per heavy atom. The molecule has 0 aromatic carbocycles. The third-order valence-corrected chi connectivity index (χ3v) is 17.5. The van der Waals surface area contributed by atoms with Crippen LogP contribution in [0.5, 0.6) is 0 Å². The third kappa shape index (κ3) is 14.5. The van der Waals surface area contributed by atoms with Gasteiger partial charge in [0.1, 0.15) is 43.2 Å². The van der Waals surface area contributed by atoms with E-state index >= 15 is 0 Å². The Kier molecular flexibility index (Phi) is 18.4. The summed E-state index contributed by atoms with van der Waals surface area (Å²) in [6.07, 6.45) is -13.7. The van der Waals surface area contributed by atoms with Gasteiger partial charge >= 0.3 is 46.9 Å². The highest BCUT2D eigenvalue weighted by atomic mass is 31.3. The number of halogens is 3. The van der Waals surface area contributed by atoms with E-state index in [1.807, 2.05) is 22.7 Å². The molecule has 4 aromatic rings. The van der Waals surface area contributed by atoms with E-state index < -0.39 is 154 Å². The van der Waals surface area contributed by atoms with E-state index in [2.05, 4.69) is 47.2 Å². The zero-order chi connectivity index (χ0) is 56.8. The van der Waals surface area contributed by atoms with Crippen molar-refractivity contribution in [1.29, 1.82) is 0 Å². The van der Waals surface area contributed by atoms with E-state index in [-0.39, 0.29) is 17.0 Å². The lowest BCUT2D eigenvalue weighted by molar-refractivity contribution is -0.0831. The van der Waals surface area contributed by atoms with Gasteiger partial charge in [-0.1, -0.05) is 23.7 Å².